The molecule has 0 atom stereocenters. The van der Waals surface area contributed by atoms with Crippen molar-refractivity contribution in [3.63, 3.8) is 0 Å². The highest BCUT2D eigenvalue weighted by Gasteiger charge is 2.11. The fourth-order valence-electron chi connectivity index (χ4n) is 2.34. The van der Waals surface area contributed by atoms with Crippen LogP contribution in [0.3, 0.4) is 0 Å². The van der Waals surface area contributed by atoms with Crippen molar-refractivity contribution in [1.29, 1.82) is 0 Å². The first-order valence-corrected chi connectivity index (χ1v) is 7.24. The maximum Gasteiger partial charge on any atom is 0.197 e. The van der Waals surface area contributed by atoms with Crippen LogP contribution < -0.4 is 15.9 Å². The standard InChI is InChI=1S/C18H17NO3/c1-2-9-21-15-7-4-8-16-18(15)14(20)11-17(22-16)12-5-3-6-13(19)10-12/h3-8,10-11H,2,9,19H2,1H3. The van der Waals surface area contributed by atoms with Gasteiger partial charge in [-0.05, 0) is 30.7 Å². The Morgan fingerprint density at radius 3 is 2.73 bits per heavy atom. The minimum Gasteiger partial charge on any atom is -0.493 e. The third-order valence-electron chi connectivity index (χ3n) is 3.35. The molecule has 0 fully saturated rings. The minimum atomic E-state index is -0.120. The fraction of sp³-hybridized carbons (Fsp3) is 0.167. The first-order valence-electron chi connectivity index (χ1n) is 7.24. The monoisotopic (exact) mass is 295 g/mol. The van der Waals surface area contributed by atoms with Crippen molar-refractivity contribution in [1.82, 2.24) is 0 Å². The molecule has 0 bridgehead atoms. The van der Waals surface area contributed by atoms with Gasteiger partial charge in [-0.15, -0.1) is 0 Å². The van der Waals surface area contributed by atoms with Gasteiger partial charge in [-0.25, -0.2) is 0 Å². The molecule has 112 valence electrons. The van der Waals surface area contributed by atoms with Crippen molar-refractivity contribution < 1.29 is 9.15 Å². The molecule has 0 aliphatic rings. The Morgan fingerprint density at radius 1 is 1.14 bits per heavy atom. The van der Waals surface area contributed by atoms with E-state index in [4.69, 9.17) is 14.9 Å². The summed E-state index contributed by atoms with van der Waals surface area (Å²) in [5.74, 6) is 1.06. The zero-order valence-corrected chi connectivity index (χ0v) is 12.3. The number of benzene rings is 2. The smallest absolute Gasteiger partial charge is 0.197 e. The number of hydrogen-bond acceptors (Lipinski definition) is 4. The highest BCUT2D eigenvalue weighted by Crippen LogP contribution is 2.28. The van der Waals surface area contributed by atoms with Crippen molar-refractivity contribution in [2.45, 2.75) is 13.3 Å². The normalized spacial score (nSPS) is 10.8. The van der Waals surface area contributed by atoms with Gasteiger partial charge >= 0.3 is 0 Å². The molecule has 1 aromatic heterocycles. The molecule has 1 heterocycles. The number of ether oxygens (including phenoxy) is 1. The molecule has 0 radical (unpaired) electrons. The summed E-state index contributed by atoms with van der Waals surface area (Å²) in [5, 5.41) is 0.476. The average Bonchev–Trinajstić information content (AvgIpc) is 2.52. The van der Waals surface area contributed by atoms with Gasteiger partial charge in [0.1, 0.15) is 22.5 Å². The molecule has 0 spiro atoms. The largest absolute Gasteiger partial charge is 0.493 e. The van der Waals surface area contributed by atoms with Gasteiger partial charge in [-0.2, -0.15) is 0 Å². The highest BCUT2D eigenvalue weighted by atomic mass is 16.5. The molecular formula is C18H17NO3. The van der Waals surface area contributed by atoms with Crippen molar-refractivity contribution in [3.8, 4) is 17.1 Å². The lowest BCUT2D eigenvalue weighted by molar-refractivity contribution is 0.320. The van der Waals surface area contributed by atoms with Crippen molar-refractivity contribution >= 4 is 16.7 Å². The van der Waals surface area contributed by atoms with Crippen LogP contribution in [0.2, 0.25) is 0 Å². The van der Waals surface area contributed by atoms with E-state index >= 15 is 0 Å². The Kier molecular flexibility index (Phi) is 3.83. The molecule has 22 heavy (non-hydrogen) atoms. The third-order valence-corrected chi connectivity index (χ3v) is 3.35. The van der Waals surface area contributed by atoms with Crippen LogP contribution >= 0.6 is 0 Å². The molecule has 2 N–H and O–H groups in total. The molecule has 4 nitrogen and oxygen atoms in total. The second-order valence-corrected chi connectivity index (χ2v) is 5.08. The Morgan fingerprint density at radius 2 is 1.95 bits per heavy atom. The van der Waals surface area contributed by atoms with E-state index in [1.807, 2.05) is 25.1 Å². The van der Waals surface area contributed by atoms with Gasteiger partial charge in [0.15, 0.2) is 5.43 Å². The SMILES string of the molecule is CCCOc1cccc2oc(-c3cccc(N)c3)cc(=O)c12. The van der Waals surface area contributed by atoms with Gasteiger partial charge in [0.05, 0.1) is 6.61 Å². The molecule has 0 unspecified atom stereocenters. The van der Waals surface area contributed by atoms with Crippen molar-refractivity contribution in [2.24, 2.45) is 0 Å². The molecule has 3 rings (SSSR count). The van der Waals surface area contributed by atoms with Gasteiger partial charge in [0.25, 0.3) is 0 Å². The summed E-state index contributed by atoms with van der Waals surface area (Å²) in [6, 6.07) is 14.1. The van der Waals surface area contributed by atoms with Gasteiger partial charge in [0.2, 0.25) is 0 Å². The number of nitrogen functional groups attached to an aromatic ring is 1. The van der Waals surface area contributed by atoms with Crippen LogP contribution in [0.5, 0.6) is 5.75 Å². The molecule has 0 aliphatic carbocycles. The zero-order valence-electron chi connectivity index (χ0n) is 12.3. The van der Waals surface area contributed by atoms with Crippen LogP contribution in [0.15, 0.2) is 57.7 Å². The van der Waals surface area contributed by atoms with E-state index in [-0.39, 0.29) is 5.43 Å². The molecule has 0 aliphatic heterocycles. The van der Waals surface area contributed by atoms with Crippen molar-refractivity contribution in [2.75, 3.05) is 12.3 Å². The molecule has 4 heteroatoms. The predicted octanol–water partition coefficient (Wildman–Crippen LogP) is 3.83. The lowest BCUT2D eigenvalue weighted by atomic mass is 10.1. The number of fused-ring (bicyclic) bond motifs is 1. The van der Waals surface area contributed by atoms with E-state index < -0.39 is 0 Å². The van der Waals surface area contributed by atoms with E-state index in [0.717, 1.165) is 12.0 Å². The summed E-state index contributed by atoms with van der Waals surface area (Å²) < 4.78 is 11.5. The van der Waals surface area contributed by atoms with Crippen molar-refractivity contribution in [3.05, 3.63) is 58.8 Å². The summed E-state index contributed by atoms with van der Waals surface area (Å²) in [6.45, 7) is 2.58. The van der Waals surface area contributed by atoms with Gasteiger partial charge in [-0.1, -0.05) is 25.1 Å². The first-order chi connectivity index (χ1) is 10.7. The topological polar surface area (TPSA) is 65.5 Å². The maximum absolute atomic E-state index is 12.5. The second-order valence-electron chi connectivity index (χ2n) is 5.08. The van der Waals surface area contributed by atoms with E-state index in [1.165, 1.54) is 6.07 Å². The lowest BCUT2D eigenvalue weighted by Crippen LogP contribution is -2.04. The van der Waals surface area contributed by atoms with Crippen LogP contribution in [0, 0.1) is 0 Å². The Balaban J connectivity index is 2.16. The summed E-state index contributed by atoms with van der Waals surface area (Å²) >= 11 is 0. The van der Waals surface area contributed by atoms with Gasteiger partial charge < -0.3 is 14.9 Å². The van der Waals surface area contributed by atoms with Crippen LogP contribution in [0.25, 0.3) is 22.3 Å². The molecule has 0 saturated heterocycles. The van der Waals surface area contributed by atoms with E-state index in [2.05, 4.69) is 0 Å². The number of nitrogens with two attached hydrogens (primary N) is 1. The summed E-state index contributed by atoms with van der Waals surface area (Å²) in [5.41, 5.74) is 7.58. The Bertz CT molecular complexity index is 868. The molecule has 0 saturated carbocycles. The molecule has 2 aromatic carbocycles. The number of anilines is 1. The van der Waals surface area contributed by atoms with E-state index in [0.29, 0.717) is 34.8 Å². The quantitative estimate of drug-likeness (QED) is 0.743. The average molecular weight is 295 g/mol. The Hall–Kier alpha value is -2.75. The summed E-state index contributed by atoms with van der Waals surface area (Å²) in [4.78, 5) is 12.5. The summed E-state index contributed by atoms with van der Waals surface area (Å²) in [7, 11) is 0. The maximum atomic E-state index is 12.5. The fourth-order valence-corrected chi connectivity index (χ4v) is 2.34. The minimum absolute atomic E-state index is 0.120. The predicted molar refractivity (Wildman–Crippen MR) is 88.1 cm³/mol. The molecule has 0 amide bonds. The van der Waals surface area contributed by atoms with Gasteiger partial charge in [0, 0.05) is 17.3 Å². The Labute approximate surface area is 128 Å². The van der Waals surface area contributed by atoms with Crippen LogP contribution in [-0.2, 0) is 0 Å². The zero-order chi connectivity index (χ0) is 15.5. The third kappa shape index (κ3) is 2.68. The van der Waals surface area contributed by atoms with E-state index in [9.17, 15) is 4.79 Å². The summed E-state index contributed by atoms with van der Waals surface area (Å²) in [6.07, 6.45) is 0.878. The number of hydrogen-bond donors (Lipinski definition) is 1. The van der Waals surface area contributed by atoms with Crippen LogP contribution in [0.4, 0.5) is 5.69 Å². The second kappa shape index (κ2) is 5.93. The van der Waals surface area contributed by atoms with E-state index in [1.54, 1.807) is 24.3 Å². The molecule has 3 aromatic rings. The van der Waals surface area contributed by atoms with Crippen LogP contribution in [0.1, 0.15) is 13.3 Å². The molecular weight excluding hydrogens is 278 g/mol. The highest BCUT2D eigenvalue weighted by molar-refractivity contribution is 5.85. The van der Waals surface area contributed by atoms with Gasteiger partial charge in [-0.3, -0.25) is 4.79 Å². The van der Waals surface area contributed by atoms with Crippen LogP contribution in [-0.4, -0.2) is 6.61 Å². The first kappa shape index (κ1) is 14.2. The number of rotatable bonds is 4. The lowest BCUT2D eigenvalue weighted by Gasteiger charge is -2.09.